The van der Waals surface area contributed by atoms with Gasteiger partial charge < -0.3 is 0 Å². The van der Waals surface area contributed by atoms with Crippen LogP contribution in [0.2, 0.25) is 0 Å². The monoisotopic (exact) mass is 468 g/mol. The smallest absolute Gasteiger partial charge is 0.00257 e. The molecule has 0 heterocycles. The van der Waals surface area contributed by atoms with Gasteiger partial charge in [0.25, 0.3) is 0 Å². The van der Waals surface area contributed by atoms with E-state index in [-0.39, 0.29) is 0 Å². The summed E-state index contributed by atoms with van der Waals surface area (Å²) >= 11 is 0. The lowest BCUT2D eigenvalue weighted by Crippen LogP contribution is -2.17. The zero-order valence-electron chi connectivity index (χ0n) is 25.5. The van der Waals surface area contributed by atoms with Crippen molar-refractivity contribution in [2.75, 3.05) is 0 Å². The molecular weight excluding hydrogens is 408 g/mol. The van der Waals surface area contributed by atoms with E-state index in [1.54, 1.807) is 0 Å². The van der Waals surface area contributed by atoms with Crippen LogP contribution in [0.1, 0.15) is 119 Å². The Labute approximate surface area is 216 Å². The first-order valence-corrected chi connectivity index (χ1v) is 13.7. The molecule has 1 unspecified atom stereocenters. The summed E-state index contributed by atoms with van der Waals surface area (Å²) in [5, 5.41) is 0. The molecule has 0 fully saturated rings. The van der Waals surface area contributed by atoms with E-state index in [1.807, 2.05) is 33.8 Å². The van der Waals surface area contributed by atoms with Crippen molar-refractivity contribution < 1.29 is 0 Å². The molecule has 0 bridgehead atoms. The molecule has 0 spiro atoms. The lowest BCUT2D eigenvalue weighted by Gasteiger charge is -2.27. The van der Waals surface area contributed by atoms with Crippen molar-refractivity contribution in [2.24, 2.45) is 11.3 Å². The van der Waals surface area contributed by atoms with Crippen LogP contribution in [0.5, 0.6) is 0 Å². The van der Waals surface area contributed by atoms with Gasteiger partial charge in [0, 0.05) is 0 Å². The Hall–Kier alpha value is -1.82. The Balaban J connectivity index is -0.00000124. The SMILES string of the molecule is C=C/C=C(\C=C(/C)CC(=C)CCC(C)C(C)(C)C)Cc1ccc(C)c(C)c1.CC.CC.CCC. The molecule has 0 amide bonds. The van der Waals surface area contributed by atoms with Crippen molar-refractivity contribution in [3.63, 3.8) is 0 Å². The fourth-order valence-electron chi connectivity index (χ4n) is 3.16. The van der Waals surface area contributed by atoms with Crippen molar-refractivity contribution >= 4 is 0 Å². The molecule has 1 aromatic carbocycles. The fraction of sp³-hybridized carbons (Fsp3) is 0.588. The standard InChI is InChI=1S/C27H40.C3H8.2C2H6/c1-10-11-25(19-26-15-13-22(4)23(5)18-26)17-21(3)16-20(2)12-14-24(6)27(7,8)9;1-3-2;2*1-2/h10-11,13,15,17-18,24H,1-2,12,14,16,19H2,3-9H3;3H2,1-2H3;2*1-2H3/b21-17+,25-11+;;;. The predicted molar refractivity (Wildman–Crippen MR) is 162 cm³/mol. The maximum atomic E-state index is 4.33. The molecule has 0 radical (unpaired) electrons. The Morgan fingerprint density at radius 1 is 1.00 bits per heavy atom. The molecule has 0 heteroatoms. The van der Waals surface area contributed by atoms with Crippen molar-refractivity contribution in [3.05, 3.63) is 83.0 Å². The summed E-state index contributed by atoms with van der Waals surface area (Å²) in [7, 11) is 0. The summed E-state index contributed by atoms with van der Waals surface area (Å²) in [6.07, 6.45) is 11.8. The van der Waals surface area contributed by atoms with E-state index >= 15 is 0 Å². The predicted octanol–water partition coefficient (Wildman–Crippen LogP) is 11.8. The molecule has 1 aromatic rings. The summed E-state index contributed by atoms with van der Waals surface area (Å²) in [5.74, 6) is 0.708. The van der Waals surface area contributed by atoms with Crippen molar-refractivity contribution in [2.45, 2.75) is 122 Å². The van der Waals surface area contributed by atoms with Crippen molar-refractivity contribution in [3.8, 4) is 0 Å². The molecule has 196 valence electrons. The van der Waals surface area contributed by atoms with Crippen LogP contribution in [-0.4, -0.2) is 0 Å². The molecule has 34 heavy (non-hydrogen) atoms. The minimum absolute atomic E-state index is 0.372. The van der Waals surface area contributed by atoms with E-state index in [0.29, 0.717) is 11.3 Å². The molecule has 1 atom stereocenters. The Morgan fingerprint density at radius 2 is 1.53 bits per heavy atom. The average molecular weight is 469 g/mol. The van der Waals surface area contributed by atoms with E-state index in [9.17, 15) is 0 Å². The third kappa shape index (κ3) is 18.6. The number of benzene rings is 1. The minimum Gasteiger partial charge on any atom is -0.0995 e. The van der Waals surface area contributed by atoms with E-state index in [0.717, 1.165) is 19.3 Å². The minimum atomic E-state index is 0.372. The van der Waals surface area contributed by atoms with Gasteiger partial charge in [0.1, 0.15) is 0 Å². The highest BCUT2D eigenvalue weighted by atomic mass is 14.2. The third-order valence-electron chi connectivity index (χ3n) is 5.68. The summed E-state index contributed by atoms with van der Waals surface area (Å²) in [6.45, 7) is 36.4. The Bertz CT molecular complexity index is 719. The van der Waals surface area contributed by atoms with Crippen LogP contribution in [-0.2, 0) is 6.42 Å². The lowest BCUT2D eigenvalue weighted by atomic mass is 9.78. The maximum Gasteiger partial charge on any atom is -0.00257 e. The third-order valence-corrected chi connectivity index (χ3v) is 5.68. The number of hydrogen-bond acceptors (Lipinski definition) is 0. The highest BCUT2D eigenvalue weighted by Crippen LogP contribution is 2.31. The van der Waals surface area contributed by atoms with Gasteiger partial charge in [0.05, 0.1) is 0 Å². The van der Waals surface area contributed by atoms with Crippen LogP contribution in [0.4, 0.5) is 0 Å². The van der Waals surface area contributed by atoms with Gasteiger partial charge in [0.15, 0.2) is 0 Å². The number of aryl methyl sites for hydroxylation is 2. The van der Waals surface area contributed by atoms with E-state index in [4.69, 9.17) is 0 Å². The molecule has 0 saturated carbocycles. The van der Waals surface area contributed by atoms with Crippen LogP contribution in [0, 0.1) is 25.2 Å². The zero-order valence-corrected chi connectivity index (χ0v) is 25.5. The van der Waals surface area contributed by atoms with Gasteiger partial charge >= 0.3 is 0 Å². The zero-order chi connectivity index (χ0) is 27.3. The quantitative estimate of drug-likeness (QED) is 0.249. The van der Waals surface area contributed by atoms with Gasteiger partial charge in [-0.1, -0.05) is 136 Å². The fourth-order valence-corrected chi connectivity index (χ4v) is 3.16. The summed E-state index contributed by atoms with van der Waals surface area (Å²) < 4.78 is 0. The number of hydrogen-bond donors (Lipinski definition) is 0. The van der Waals surface area contributed by atoms with Gasteiger partial charge in [-0.2, -0.15) is 0 Å². The second kappa shape index (κ2) is 21.7. The highest BCUT2D eigenvalue weighted by Gasteiger charge is 2.19. The summed E-state index contributed by atoms with van der Waals surface area (Å²) in [5.41, 5.74) is 8.45. The summed E-state index contributed by atoms with van der Waals surface area (Å²) in [6, 6.07) is 6.74. The van der Waals surface area contributed by atoms with Crippen LogP contribution in [0.3, 0.4) is 0 Å². The molecular formula is C34H60. The normalized spacial score (nSPS) is 12.1. The first kappa shape index (κ1) is 36.7. The van der Waals surface area contributed by atoms with E-state index in [2.05, 4.69) is 106 Å². The van der Waals surface area contributed by atoms with Crippen LogP contribution in [0.15, 0.2) is 66.3 Å². The van der Waals surface area contributed by atoms with Crippen molar-refractivity contribution in [1.82, 2.24) is 0 Å². The number of rotatable bonds is 9. The molecule has 0 aliphatic heterocycles. The first-order chi connectivity index (χ1) is 15.9. The van der Waals surface area contributed by atoms with Gasteiger partial charge in [-0.05, 0) is 80.1 Å². The topological polar surface area (TPSA) is 0 Å². The second-order valence-corrected chi connectivity index (χ2v) is 10.0. The molecule has 0 aliphatic carbocycles. The van der Waals surface area contributed by atoms with E-state index in [1.165, 1.54) is 46.3 Å². The van der Waals surface area contributed by atoms with Crippen LogP contribution in [0.25, 0.3) is 0 Å². The van der Waals surface area contributed by atoms with Crippen molar-refractivity contribution in [1.29, 1.82) is 0 Å². The van der Waals surface area contributed by atoms with E-state index < -0.39 is 0 Å². The van der Waals surface area contributed by atoms with Gasteiger partial charge in [-0.15, -0.1) is 0 Å². The largest absolute Gasteiger partial charge is 0.0995 e. The number of allylic oxidation sites excluding steroid dienone is 6. The highest BCUT2D eigenvalue weighted by molar-refractivity contribution is 5.37. The molecule has 0 saturated heterocycles. The second-order valence-electron chi connectivity index (χ2n) is 10.0. The first-order valence-electron chi connectivity index (χ1n) is 13.7. The molecule has 0 aromatic heterocycles. The Kier molecular flexibility index (Phi) is 23.4. The maximum absolute atomic E-state index is 4.33. The lowest BCUT2D eigenvalue weighted by molar-refractivity contribution is 0.247. The molecule has 0 N–H and O–H groups in total. The summed E-state index contributed by atoms with van der Waals surface area (Å²) in [4.78, 5) is 0. The Morgan fingerprint density at radius 3 is 1.97 bits per heavy atom. The van der Waals surface area contributed by atoms with Gasteiger partial charge in [-0.25, -0.2) is 0 Å². The average Bonchev–Trinajstić information content (AvgIpc) is 2.77. The van der Waals surface area contributed by atoms with Crippen LogP contribution >= 0.6 is 0 Å². The molecule has 1 rings (SSSR count). The van der Waals surface area contributed by atoms with Gasteiger partial charge in [-0.3, -0.25) is 0 Å². The van der Waals surface area contributed by atoms with Gasteiger partial charge in [0.2, 0.25) is 0 Å². The van der Waals surface area contributed by atoms with Crippen LogP contribution < -0.4 is 0 Å². The molecule has 0 nitrogen and oxygen atoms in total. The molecule has 0 aliphatic rings.